The zero-order chi connectivity index (χ0) is 19.4. The van der Waals surface area contributed by atoms with Gasteiger partial charge in [0.15, 0.2) is 0 Å². The second-order valence-corrected chi connectivity index (χ2v) is 6.52. The lowest BCUT2D eigenvalue weighted by Gasteiger charge is -2.26. The molecule has 1 unspecified atom stereocenters. The van der Waals surface area contributed by atoms with Crippen molar-refractivity contribution in [1.29, 1.82) is 0 Å². The molecule has 1 fully saturated rings. The van der Waals surface area contributed by atoms with E-state index in [2.05, 4.69) is 5.32 Å². The summed E-state index contributed by atoms with van der Waals surface area (Å²) < 4.78 is 10.8. The number of carbonyl (C=O) groups is 2. The monoisotopic (exact) mass is 368 g/mol. The van der Waals surface area contributed by atoms with Crippen molar-refractivity contribution >= 4 is 17.5 Å². The average Bonchev–Trinajstić information content (AvgIpc) is 3.16. The molecule has 0 saturated carbocycles. The largest absolute Gasteiger partial charge is 0.497 e. The fourth-order valence-corrected chi connectivity index (χ4v) is 3.49. The standard InChI is InChI=1S/C21H24N2O4/c1-14(24)22-16-8-6-15(7-9-16)21(25)23-12-4-5-19(23)18-11-10-17(26-2)13-20(18)27-3/h6-11,13,19H,4-5,12H2,1-3H3,(H,22,24). The first-order chi connectivity index (χ1) is 13.0. The van der Waals surface area contributed by atoms with E-state index in [1.165, 1.54) is 6.92 Å². The van der Waals surface area contributed by atoms with Gasteiger partial charge in [0.25, 0.3) is 5.91 Å². The number of methoxy groups -OCH3 is 2. The molecule has 1 aliphatic heterocycles. The molecule has 2 aromatic rings. The molecule has 0 bridgehead atoms. The lowest BCUT2D eigenvalue weighted by molar-refractivity contribution is -0.114. The van der Waals surface area contributed by atoms with Crippen molar-refractivity contribution in [3.05, 3.63) is 53.6 Å². The van der Waals surface area contributed by atoms with Crippen LogP contribution in [0.3, 0.4) is 0 Å². The number of anilines is 1. The Labute approximate surface area is 159 Å². The van der Waals surface area contributed by atoms with Gasteiger partial charge in [0.2, 0.25) is 5.91 Å². The molecule has 1 aliphatic rings. The number of hydrogen-bond donors (Lipinski definition) is 1. The first kappa shape index (κ1) is 18.8. The van der Waals surface area contributed by atoms with E-state index in [0.717, 1.165) is 29.9 Å². The Bertz CT molecular complexity index is 833. The third-order valence-electron chi connectivity index (χ3n) is 4.77. The highest BCUT2D eigenvalue weighted by molar-refractivity contribution is 5.96. The summed E-state index contributed by atoms with van der Waals surface area (Å²) in [6.07, 6.45) is 1.83. The number of ether oxygens (including phenoxy) is 2. The summed E-state index contributed by atoms with van der Waals surface area (Å²) in [7, 11) is 3.24. The molecule has 0 aromatic heterocycles. The van der Waals surface area contributed by atoms with E-state index >= 15 is 0 Å². The highest BCUT2D eigenvalue weighted by Crippen LogP contribution is 2.39. The van der Waals surface area contributed by atoms with Crippen molar-refractivity contribution in [2.45, 2.75) is 25.8 Å². The van der Waals surface area contributed by atoms with Gasteiger partial charge in [0.05, 0.1) is 20.3 Å². The van der Waals surface area contributed by atoms with Crippen molar-refractivity contribution in [3.8, 4) is 11.5 Å². The number of benzene rings is 2. The van der Waals surface area contributed by atoms with Gasteiger partial charge in [-0.3, -0.25) is 9.59 Å². The van der Waals surface area contributed by atoms with Crippen LogP contribution in [-0.4, -0.2) is 37.5 Å². The minimum Gasteiger partial charge on any atom is -0.497 e. The van der Waals surface area contributed by atoms with Gasteiger partial charge in [0.1, 0.15) is 11.5 Å². The fourth-order valence-electron chi connectivity index (χ4n) is 3.49. The zero-order valence-corrected chi connectivity index (χ0v) is 15.8. The van der Waals surface area contributed by atoms with Gasteiger partial charge in [-0.1, -0.05) is 0 Å². The van der Waals surface area contributed by atoms with E-state index in [1.54, 1.807) is 38.5 Å². The maximum Gasteiger partial charge on any atom is 0.254 e. The molecule has 1 N–H and O–H groups in total. The van der Waals surface area contributed by atoms with Crippen LogP contribution in [0.15, 0.2) is 42.5 Å². The fraction of sp³-hybridized carbons (Fsp3) is 0.333. The summed E-state index contributed by atoms with van der Waals surface area (Å²) in [5.74, 6) is 1.28. The Morgan fingerprint density at radius 1 is 1.07 bits per heavy atom. The van der Waals surface area contributed by atoms with Crippen molar-refractivity contribution in [3.63, 3.8) is 0 Å². The minimum absolute atomic E-state index is 0.0234. The minimum atomic E-state index is -0.139. The van der Waals surface area contributed by atoms with Crippen LogP contribution in [0.4, 0.5) is 5.69 Å². The van der Waals surface area contributed by atoms with Crippen molar-refractivity contribution in [2.24, 2.45) is 0 Å². The van der Waals surface area contributed by atoms with Crippen LogP contribution < -0.4 is 14.8 Å². The van der Waals surface area contributed by atoms with E-state index in [9.17, 15) is 9.59 Å². The van der Waals surface area contributed by atoms with Gasteiger partial charge in [-0.25, -0.2) is 0 Å². The summed E-state index contributed by atoms with van der Waals surface area (Å²) in [5.41, 5.74) is 2.26. The highest BCUT2D eigenvalue weighted by atomic mass is 16.5. The van der Waals surface area contributed by atoms with Crippen LogP contribution in [-0.2, 0) is 4.79 Å². The molecule has 1 atom stereocenters. The molecule has 0 radical (unpaired) electrons. The molecule has 2 amide bonds. The predicted molar refractivity (Wildman–Crippen MR) is 103 cm³/mol. The van der Waals surface area contributed by atoms with Gasteiger partial charge in [0, 0.05) is 36.3 Å². The van der Waals surface area contributed by atoms with E-state index in [0.29, 0.717) is 17.8 Å². The molecule has 6 nitrogen and oxygen atoms in total. The molecule has 6 heteroatoms. The van der Waals surface area contributed by atoms with E-state index in [-0.39, 0.29) is 17.9 Å². The van der Waals surface area contributed by atoms with Gasteiger partial charge < -0.3 is 19.7 Å². The summed E-state index contributed by atoms with van der Waals surface area (Å²) in [5, 5.41) is 2.71. The lowest BCUT2D eigenvalue weighted by Crippen LogP contribution is -2.30. The van der Waals surface area contributed by atoms with Gasteiger partial charge in [-0.2, -0.15) is 0 Å². The predicted octanol–water partition coefficient (Wildman–Crippen LogP) is 3.64. The third-order valence-corrected chi connectivity index (χ3v) is 4.77. The molecular formula is C21H24N2O4. The number of nitrogens with one attached hydrogen (secondary N) is 1. The van der Waals surface area contributed by atoms with E-state index < -0.39 is 0 Å². The molecule has 142 valence electrons. The average molecular weight is 368 g/mol. The topological polar surface area (TPSA) is 67.9 Å². The number of rotatable bonds is 5. The normalized spacial score (nSPS) is 16.1. The number of amides is 2. The second-order valence-electron chi connectivity index (χ2n) is 6.52. The molecule has 27 heavy (non-hydrogen) atoms. The first-order valence-electron chi connectivity index (χ1n) is 8.94. The van der Waals surface area contributed by atoms with Crippen LogP contribution in [0.2, 0.25) is 0 Å². The maximum absolute atomic E-state index is 13.1. The zero-order valence-electron chi connectivity index (χ0n) is 15.8. The van der Waals surface area contributed by atoms with Crippen LogP contribution >= 0.6 is 0 Å². The van der Waals surface area contributed by atoms with Crippen LogP contribution in [0, 0.1) is 0 Å². The third kappa shape index (κ3) is 4.05. The number of carbonyl (C=O) groups excluding carboxylic acids is 2. The Morgan fingerprint density at radius 3 is 2.44 bits per heavy atom. The summed E-state index contributed by atoms with van der Waals surface area (Å²) >= 11 is 0. The number of likely N-dealkylation sites (tertiary alicyclic amines) is 1. The first-order valence-corrected chi connectivity index (χ1v) is 8.94. The van der Waals surface area contributed by atoms with Crippen molar-refractivity contribution in [1.82, 2.24) is 4.90 Å². The van der Waals surface area contributed by atoms with Crippen molar-refractivity contribution < 1.29 is 19.1 Å². The summed E-state index contributed by atoms with van der Waals surface area (Å²) in [4.78, 5) is 26.1. The SMILES string of the molecule is COc1ccc(C2CCCN2C(=O)c2ccc(NC(C)=O)cc2)c(OC)c1. The van der Waals surface area contributed by atoms with Crippen LogP contribution in [0.25, 0.3) is 0 Å². The van der Waals surface area contributed by atoms with Crippen LogP contribution in [0.1, 0.15) is 41.7 Å². The quantitative estimate of drug-likeness (QED) is 0.875. The Hall–Kier alpha value is -3.02. The Balaban J connectivity index is 1.83. The maximum atomic E-state index is 13.1. The van der Waals surface area contributed by atoms with Gasteiger partial charge in [-0.05, 0) is 49.2 Å². The molecule has 1 saturated heterocycles. The summed E-state index contributed by atoms with van der Waals surface area (Å²) in [6.45, 7) is 2.16. The van der Waals surface area contributed by atoms with E-state index in [4.69, 9.17) is 9.47 Å². The van der Waals surface area contributed by atoms with Gasteiger partial charge in [-0.15, -0.1) is 0 Å². The Kier molecular flexibility index (Phi) is 5.64. The number of nitrogens with zero attached hydrogens (tertiary/aromatic N) is 1. The molecule has 0 aliphatic carbocycles. The summed E-state index contributed by atoms with van der Waals surface area (Å²) in [6, 6.07) is 12.6. The molecule has 2 aromatic carbocycles. The van der Waals surface area contributed by atoms with Crippen LogP contribution in [0.5, 0.6) is 11.5 Å². The molecule has 1 heterocycles. The molecule has 3 rings (SSSR count). The lowest BCUT2D eigenvalue weighted by atomic mass is 10.0. The highest BCUT2D eigenvalue weighted by Gasteiger charge is 2.32. The molecular weight excluding hydrogens is 344 g/mol. The van der Waals surface area contributed by atoms with Crippen molar-refractivity contribution in [2.75, 3.05) is 26.1 Å². The second kappa shape index (κ2) is 8.12. The van der Waals surface area contributed by atoms with Gasteiger partial charge >= 0.3 is 0 Å². The smallest absolute Gasteiger partial charge is 0.254 e. The number of hydrogen-bond acceptors (Lipinski definition) is 4. The Morgan fingerprint density at radius 2 is 1.81 bits per heavy atom. The molecule has 0 spiro atoms. The van der Waals surface area contributed by atoms with E-state index in [1.807, 2.05) is 23.1 Å².